The summed E-state index contributed by atoms with van der Waals surface area (Å²) in [5, 5.41) is 6.17. The van der Waals surface area contributed by atoms with Crippen LogP contribution in [0, 0.1) is 0 Å². The zero-order valence-corrected chi connectivity index (χ0v) is 15.4. The fraction of sp³-hybridized carbons (Fsp3) is 0.263. The normalized spacial score (nSPS) is 10.3. The van der Waals surface area contributed by atoms with Crippen LogP contribution < -0.4 is 10.6 Å². The third-order valence-electron chi connectivity index (χ3n) is 3.42. The Morgan fingerprint density at radius 2 is 1.64 bits per heavy atom. The quantitative estimate of drug-likeness (QED) is 0.658. The van der Waals surface area contributed by atoms with Gasteiger partial charge < -0.3 is 10.6 Å². The second-order valence-electron chi connectivity index (χ2n) is 5.40. The van der Waals surface area contributed by atoms with Gasteiger partial charge in [0.05, 0.1) is 0 Å². The third-order valence-corrected chi connectivity index (χ3v) is 4.71. The SMILES string of the molecule is O=C(CCNC(=O)c1ccc(Cl)cc1)NCCSCc1ccccc1. The van der Waals surface area contributed by atoms with Crippen LogP contribution in [0.1, 0.15) is 22.3 Å². The van der Waals surface area contributed by atoms with Crippen molar-refractivity contribution in [1.29, 1.82) is 0 Å². The predicted molar refractivity (Wildman–Crippen MR) is 104 cm³/mol. The summed E-state index contributed by atoms with van der Waals surface area (Å²) < 4.78 is 0. The summed E-state index contributed by atoms with van der Waals surface area (Å²) in [5.74, 6) is 1.53. The Bertz CT molecular complexity index is 678. The van der Waals surface area contributed by atoms with Gasteiger partial charge in [-0.2, -0.15) is 11.8 Å². The van der Waals surface area contributed by atoms with E-state index in [2.05, 4.69) is 22.8 Å². The van der Waals surface area contributed by atoms with Gasteiger partial charge in [0.2, 0.25) is 5.91 Å². The standard InChI is InChI=1S/C19H21ClN2O2S/c20-17-8-6-16(7-9-17)19(24)22-11-10-18(23)21-12-13-25-14-15-4-2-1-3-5-15/h1-9H,10-14H2,(H,21,23)(H,22,24). The summed E-state index contributed by atoms with van der Waals surface area (Å²) in [6, 6.07) is 16.9. The average molecular weight is 377 g/mol. The Hall–Kier alpha value is -1.98. The van der Waals surface area contributed by atoms with E-state index in [0.717, 1.165) is 11.5 Å². The van der Waals surface area contributed by atoms with Crippen molar-refractivity contribution in [2.75, 3.05) is 18.8 Å². The van der Waals surface area contributed by atoms with Gasteiger partial charge in [-0.1, -0.05) is 41.9 Å². The number of carbonyl (C=O) groups is 2. The lowest BCUT2D eigenvalue weighted by molar-refractivity contribution is -0.120. The molecule has 6 heteroatoms. The molecule has 132 valence electrons. The molecular formula is C19H21ClN2O2S. The highest BCUT2D eigenvalue weighted by Crippen LogP contribution is 2.11. The van der Waals surface area contributed by atoms with Crippen molar-refractivity contribution < 1.29 is 9.59 Å². The maximum absolute atomic E-state index is 11.9. The average Bonchev–Trinajstić information content (AvgIpc) is 2.63. The third kappa shape index (κ3) is 7.63. The van der Waals surface area contributed by atoms with Crippen LogP contribution in [0.15, 0.2) is 54.6 Å². The number of benzene rings is 2. The summed E-state index contributed by atoms with van der Waals surface area (Å²) in [4.78, 5) is 23.6. The minimum Gasteiger partial charge on any atom is -0.355 e. The van der Waals surface area contributed by atoms with Gasteiger partial charge >= 0.3 is 0 Å². The lowest BCUT2D eigenvalue weighted by Crippen LogP contribution is -2.31. The van der Waals surface area contributed by atoms with E-state index in [1.54, 1.807) is 36.0 Å². The van der Waals surface area contributed by atoms with Crippen LogP contribution in [-0.2, 0) is 10.5 Å². The van der Waals surface area contributed by atoms with Crippen molar-refractivity contribution in [1.82, 2.24) is 10.6 Å². The van der Waals surface area contributed by atoms with Crippen LogP contribution in [0.5, 0.6) is 0 Å². The van der Waals surface area contributed by atoms with Crippen molar-refractivity contribution >= 4 is 35.2 Å². The zero-order valence-electron chi connectivity index (χ0n) is 13.8. The van der Waals surface area contributed by atoms with Crippen LogP contribution in [0.2, 0.25) is 5.02 Å². The van der Waals surface area contributed by atoms with Crippen molar-refractivity contribution in [3.8, 4) is 0 Å². The molecule has 0 bridgehead atoms. The number of amides is 2. The monoisotopic (exact) mass is 376 g/mol. The highest BCUT2D eigenvalue weighted by atomic mass is 35.5. The van der Waals surface area contributed by atoms with E-state index < -0.39 is 0 Å². The molecule has 0 aliphatic carbocycles. The minimum absolute atomic E-state index is 0.0586. The summed E-state index contributed by atoms with van der Waals surface area (Å²) >= 11 is 7.56. The molecule has 2 aromatic carbocycles. The van der Waals surface area contributed by atoms with Gasteiger partial charge in [0.25, 0.3) is 5.91 Å². The molecule has 0 aliphatic rings. The molecule has 0 atom stereocenters. The molecular weight excluding hydrogens is 356 g/mol. The Balaban J connectivity index is 1.53. The van der Waals surface area contributed by atoms with E-state index in [9.17, 15) is 9.59 Å². The number of rotatable bonds is 9. The number of nitrogens with one attached hydrogen (secondary N) is 2. The first kappa shape index (κ1) is 19.3. The van der Waals surface area contributed by atoms with Crippen molar-refractivity contribution in [2.45, 2.75) is 12.2 Å². The summed E-state index contributed by atoms with van der Waals surface area (Å²) in [6.45, 7) is 0.936. The largest absolute Gasteiger partial charge is 0.355 e. The maximum Gasteiger partial charge on any atom is 0.251 e. The van der Waals surface area contributed by atoms with Gasteiger partial charge in [-0.3, -0.25) is 9.59 Å². The molecule has 0 saturated carbocycles. The molecule has 0 unspecified atom stereocenters. The van der Waals surface area contributed by atoms with Crippen LogP contribution in [0.3, 0.4) is 0 Å². The molecule has 2 aromatic rings. The summed E-state index contributed by atoms with van der Waals surface area (Å²) in [6.07, 6.45) is 0.267. The van der Waals surface area contributed by atoms with Crippen molar-refractivity contribution in [3.63, 3.8) is 0 Å². The van der Waals surface area contributed by atoms with E-state index in [1.807, 2.05) is 18.2 Å². The second-order valence-corrected chi connectivity index (χ2v) is 6.94. The van der Waals surface area contributed by atoms with E-state index in [4.69, 9.17) is 11.6 Å². The number of hydrogen-bond donors (Lipinski definition) is 2. The minimum atomic E-state index is -0.206. The van der Waals surface area contributed by atoms with Crippen LogP contribution in [0.4, 0.5) is 0 Å². The molecule has 0 saturated heterocycles. The van der Waals surface area contributed by atoms with Gasteiger partial charge in [0.15, 0.2) is 0 Å². The topological polar surface area (TPSA) is 58.2 Å². The van der Waals surface area contributed by atoms with Crippen molar-refractivity contribution in [2.24, 2.45) is 0 Å². The Morgan fingerprint density at radius 1 is 0.920 bits per heavy atom. The fourth-order valence-electron chi connectivity index (χ4n) is 2.11. The molecule has 2 rings (SSSR count). The molecule has 0 fully saturated rings. The first-order valence-electron chi connectivity index (χ1n) is 8.07. The number of thioether (sulfide) groups is 1. The van der Waals surface area contributed by atoms with Gasteiger partial charge in [0, 0.05) is 41.6 Å². The van der Waals surface area contributed by atoms with Crippen molar-refractivity contribution in [3.05, 3.63) is 70.7 Å². The Morgan fingerprint density at radius 3 is 2.36 bits per heavy atom. The number of carbonyl (C=O) groups excluding carboxylic acids is 2. The molecule has 0 heterocycles. The molecule has 0 aliphatic heterocycles. The first-order chi connectivity index (χ1) is 12.1. The van der Waals surface area contributed by atoms with Gasteiger partial charge in [0.1, 0.15) is 0 Å². The summed E-state index contributed by atoms with van der Waals surface area (Å²) in [7, 11) is 0. The molecule has 2 N–H and O–H groups in total. The maximum atomic E-state index is 11.9. The highest BCUT2D eigenvalue weighted by molar-refractivity contribution is 7.98. The molecule has 4 nitrogen and oxygen atoms in total. The fourth-order valence-corrected chi connectivity index (χ4v) is 3.05. The van der Waals surface area contributed by atoms with E-state index >= 15 is 0 Å². The second kappa shape index (κ2) is 10.8. The number of hydrogen-bond acceptors (Lipinski definition) is 3. The summed E-state index contributed by atoms with van der Waals surface area (Å²) in [5.41, 5.74) is 1.81. The van der Waals surface area contributed by atoms with E-state index in [-0.39, 0.29) is 18.2 Å². The Labute approximate surface area is 157 Å². The molecule has 25 heavy (non-hydrogen) atoms. The van der Waals surface area contributed by atoms with Crippen LogP contribution in [-0.4, -0.2) is 30.7 Å². The smallest absolute Gasteiger partial charge is 0.251 e. The lowest BCUT2D eigenvalue weighted by atomic mass is 10.2. The van der Waals surface area contributed by atoms with E-state index in [0.29, 0.717) is 23.7 Å². The van der Waals surface area contributed by atoms with Gasteiger partial charge in [-0.05, 0) is 29.8 Å². The number of halogens is 1. The lowest BCUT2D eigenvalue weighted by Gasteiger charge is -2.07. The molecule has 2 amide bonds. The van der Waals surface area contributed by atoms with Crippen LogP contribution in [0.25, 0.3) is 0 Å². The molecule has 0 spiro atoms. The van der Waals surface area contributed by atoms with E-state index in [1.165, 1.54) is 5.56 Å². The highest BCUT2D eigenvalue weighted by Gasteiger charge is 2.06. The predicted octanol–water partition coefficient (Wildman–Crippen LogP) is 3.51. The zero-order chi connectivity index (χ0) is 17.9. The Kier molecular flexibility index (Phi) is 8.35. The van der Waals surface area contributed by atoms with Crippen LogP contribution >= 0.6 is 23.4 Å². The van der Waals surface area contributed by atoms with Gasteiger partial charge in [-0.15, -0.1) is 0 Å². The molecule has 0 radical (unpaired) electrons. The van der Waals surface area contributed by atoms with Gasteiger partial charge in [-0.25, -0.2) is 0 Å². The first-order valence-corrected chi connectivity index (χ1v) is 9.60. The molecule has 0 aromatic heterocycles.